The van der Waals surface area contributed by atoms with Crippen molar-refractivity contribution in [1.29, 1.82) is 0 Å². The van der Waals surface area contributed by atoms with Crippen LogP contribution in [0.4, 0.5) is 5.69 Å². The van der Waals surface area contributed by atoms with Gasteiger partial charge in [-0.2, -0.15) is 0 Å². The number of nitrogens with two attached hydrogens (primary N) is 1. The lowest BCUT2D eigenvalue weighted by atomic mass is 9.88. The summed E-state index contributed by atoms with van der Waals surface area (Å²) in [6, 6.07) is 13.6. The van der Waals surface area contributed by atoms with E-state index >= 15 is 0 Å². The van der Waals surface area contributed by atoms with Crippen LogP contribution in [0.1, 0.15) is 61.0 Å². The maximum Gasteiger partial charge on any atom is 0.296 e. The van der Waals surface area contributed by atoms with Crippen LogP contribution in [0.2, 0.25) is 0 Å². The Bertz CT molecular complexity index is 1720. The monoisotopic (exact) mass is 671 g/mol. The lowest BCUT2D eigenvalue weighted by molar-refractivity contribution is -0.135. The zero-order valence-corrected chi connectivity index (χ0v) is 29.2. The second-order valence-corrected chi connectivity index (χ2v) is 12.6. The van der Waals surface area contributed by atoms with Gasteiger partial charge >= 0.3 is 0 Å². The fraction of sp³-hybridized carbons (Fsp3) is 0.378. The number of aryl methyl sites for hydroxylation is 3. The molecule has 0 fully saturated rings. The van der Waals surface area contributed by atoms with E-state index in [0.717, 1.165) is 16.7 Å². The zero-order valence-electron chi connectivity index (χ0n) is 29.2. The number of hydrogen-bond donors (Lipinski definition) is 2. The highest BCUT2D eigenvalue weighted by Crippen LogP contribution is 2.37. The van der Waals surface area contributed by atoms with Crippen molar-refractivity contribution < 1.29 is 33.4 Å². The molecule has 1 aliphatic rings. The van der Waals surface area contributed by atoms with E-state index in [1.807, 2.05) is 50.2 Å². The number of carbonyl (C=O) groups is 5. The molecule has 49 heavy (non-hydrogen) atoms. The number of likely N-dealkylation sites (N-methyl/N-ethyl adjacent to an activating group) is 1. The average Bonchev–Trinajstić information content (AvgIpc) is 3.05. The number of amides is 4. The third kappa shape index (κ3) is 8.82. The van der Waals surface area contributed by atoms with Crippen molar-refractivity contribution in [1.82, 2.24) is 14.7 Å². The van der Waals surface area contributed by atoms with Crippen LogP contribution in [-0.4, -0.2) is 98.6 Å². The summed E-state index contributed by atoms with van der Waals surface area (Å²) in [4.78, 5) is 70.7. The molecule has 3 aromatic carbocycles. The number of carbonyl (C=O) groups excluding carboxylic acids is 5. The molecule has 0 spiro atoms. The number of methoxy groups -OCH3 is 2. The van der Waals surface area contributed by atoms with Crippen LogP contribution in [0.5, 0.6) is 11.5 Å². The van der Waals surface area contributed by atoms with Gasteiger partial charge in [-0.3, -0.25) is 24.0 Å². The van der Waals surface area contributed by atoms with E-state index in [1.54, 1.807) is 57.2 Å². The molecule has 0 saturated carbocycles. The molecule has 260 valence electrons. The first kappa shape index (κ1) is 36.6. The summed E-state index contributed by atoms with van der Waals surface area (Å²) in [7, 11) is 6.81. The highest BCUT2D eigenvalue weighted by Gasteiger charge is 2.35. The number of nitrogens with zero attached hydrogens (tertiary/aromatic N) is 3. The van der Waals surface area contributed by atoms with Gasteiger partial charge in [-0.05, 0) is 87.8 Å². The lowest BCUT2D eigenvalue weighted by Crippen LogP contribution is -2.45. The predicted molar refractivity (Wildman–Crippen MR) is 186 cm³/mol. The molecule has 1 aliphatic heterocycles. The van der Waals surface area contributed by atoms with Gasteiger partial charge < -0.3 is 35.2 Å². The summed E-state index contributed by atoms with van der Waals surface area (Å²) in [5.41, 5.74) is 10.3. The minimum Gasteiger partial charge on any atom is -0.497 e. The molecule has 0 radical (unpaired) electrons. The second-order valence-electron chi connectivity index (χ2n) is 12.6. The third-order valence-corrected chi connectivity index (χ3v) is 8.60. The number of ether oxygens (including phenoxy) is 2. The van der Waals surface area contributed by atoms with Crippen LogP contribution < -0.4 is 20.5 Å². The molecule has 3 N–H and O–H groups in total. The molecule has 0 saturated heterocycles. The van der Waals surface area contributed by atoms with E-state index in [2.05, 4.69) is 5.32 Å². The zero-order chi connectivity index (χ0) is 36.0. The summed E-state index contributed by atoms with van der Waals surface area (Å²) in [5.74, 6) is -1.69. The van der Waals surface area contributed by atoms with Gasteiger partial charge in [0.1, 0.15) is 11.5 Å². The molecule has 3 aromatic rings. The predicted octanol–water partition coefficient (Wildman–Crippen LogP) is 3.46. The second kappa shape index (κ2) is 15.8. The smallest absolute Gasteiger partial charge is 0.296 e. The summed E-state index contributed by atoms with van der Waals surface area (Å²) in [6.45, 7) is 6.15. The maximum atomic E-state index is 14.3. The Morgan fingerprint density at radius 1 is 0.918 bits per heavy atom. The van der Waals surface area contributed by atoms with Crippen molar-refractivity contribution in [3.05, 3.63) is 87.5 Å². The van der Waals surface area contributed by atoms with Crippen LogP contribution in [0, 0.1) is 20.8 Å². The average molecular weight is 672 g/mol. The molecule has 12 heteroatoms. The van der Waals surface area contributed by atoms with Crippen LogP contribution in [0.3, 0.4) is 0 Å². The maximum absolute atomic E-state index is 14.3. The van der Waals surface area contributed by atoms with Gasteiger partial charge in [0.05, 0.1) is 26.8 Å². The first-order valence-electron chi connectivity index (χ1n) is 16.0. The Morgan fingerprint density at radius 3 is 2.12 bits per heavy atom. The number of primary amides is 1. The molecule has 1 unspecified atom stereocenters. The van der Waals surface area contributed by atoms with Gasteiger partial charge in [0.25, 0.3) is 17.6 Å². The summed E-state index contributed by atoms with van der Waals surface area (Å²) >= 11 is 0. The largest absolute Gasteiger partial charge is 0.497 e. The molecular weight excluding hydrogens is 626 g/mol. The van der Waals surface area contributed by atoms with Crippen molar-refractivity contribution in [2.75, 3.05) is 59.8 Å². The molecule has 0 bridgehead atoms. The van der Waals surface area contributed by atoms with E-state index < -0.39 is 23.6 Å². The van der Waals surface area contributed by atoms with Gasteiger partial charge in [-0.25, -0.2) is 0 Å². The topological polar surface area (TPSA) is 152 Å². The fourth-order valence-electron chi connectivity index (χ4n) is 6.24. The number of Topliss-reactive ketones (excluding diaryl/α,β-unsaturated/α-hetero) is 1. The molecule has 1 atom stereocenters. The highest BCUT2D eigenvalue weighted by molar-refractivity contribution is 6.47. The first-order valence-corrected chi connectivity index (χ1v) is 16.0. The number of fused-ring (bicyclic) bond motifs is 1. The van der Waals surface area contributed by atoms with Gasteiger partial charge in [0, 0.05) is 48.9 Å². The Morgan fingerprint density at radius 2 is 1.55 bits per heavy atom. The van der Waals surface area contributed by atoms with Crippen molar-refractivity contribution in [2.24, 2.45) is 5.73 Å². The Balaban J connectivity index is 1.65. The van der Waals surface area contributed by atoms with Crippen LogP contribution in [0.15, 0.2) is 48.5 Å². The highest BCUT2D eigenvalue weighted by atomic mass is 16.5. The normalized spacial score (nSPS) is 13.9. The van der Waals surface area contributed by atoms with Gasteiger partial charge in [-0.1, -0.05) is 23.8 Å². The minimum absolute atomic E-state index is 0.0412. The Kier molecular flexibility index (Phi) is 11.8. The fourth-order valence-corrected chi connectivity index (χ4v) is 6.24. The lowest BCUT2D eigenvalue weighted by Gasteiger charge is -2.38. The number of anilines is 1. The summed E-state index contributed by atoms with van der Waals surface area (Å²) in [6.07, 6.45) is 0.339. The quantitative estimate of drug-likeness (QED) is 0.195. The van der Waals surface area contributed by atoms with Gasteiger partial charge in [-0.15, -0.1) is 0 Å². The molecular formula is C37H45N5O7. The van der Waals surface area contributed by atoms with E-state index in [9.17, 15) is 24.0 Å². The summed E-state index contributed by atoms with van der Waals surface area (Å²) in [5, 5.41) is 2.67. The molecule has 1 heterocycles. The van der Waals surface area contributed by atoms with Crippen molar-refractivity contribution in [3.8, 4) is 11.5 Å². The first-order chi connectivity index (χ1) is 23.2. The SMILES string of the molecule is COc1cc(OC)cc(C2Cc3ccc(NC(=O)C(=O)c4c(C)cc(C)cc4C)cc3C(=O)N2CCC(=O)N(CCN(C)C)CC(N)=O)c1. The molecule has 12 nitrogen and oxygen atoms in total. The van der Waals surface area contributed by atoms with Crippen molar-refractivity contribution in [2.45, 2.75) is 39.7 Å². The standard InChI is InChI=1S/C37H45N5O7/c1-22-14-23(2)34(24(3)15-22)35(45)36(46)39-27-9-8-25-18-31(26-16-28(48-6)20-29(17-26)49-7)42(37(47)30(25)19-27)11-10-33(44)41(21-32(38)43)13-12-40(4)5/h8-9,14-17,19-20,31H,10-13,18,21H2,1-7H3,(H2,38,43)(H,39,46). The number of rotatable bonds is 14. The van der Waals surface area contributed by atoms with E-state index in [1.165, 1.54) is 4.90 Å². The van der Waals surface area contributed by atoms with Crippen molar-refractivity contribution in [3.63, 3.8) is 0 Å². The number of benzene rings is 3. The van der Waals surface area contributed by atoms with Crippen LogP contribution in [-0.2, 0) is 20.8 Å². The Labute approximate surface area is 287 Å². The number of nitrogens with one attached hydrogen (secondary N) is 1. The van der Waals surface area contributed by atoms with E-state index in [-0.39, 0.29) is 31.3 Å². The van der Waals surface area contributed by atoms with Gasteiger partial charge in [0.15, 0.2) is 0 Å². The number of hydrogen-bond acceptors (Lipinski definition) is 8. The van der Waals surface area contributed by atoms with Crippen LogP contribution in [0.25, 0.3) is 0 Å². The Hall–Kier alpha value is -5.23. The van der Waals surface area contributed by atoms with E-state index in [0.29, 0.717) is 59.0 Å². The molecule has 0 aliphatic carbocycles. The third-order valence-electron chi connectivity index (χ3n) is 8.60. The van der Waals surface area contributed by atoms with E-state index in [4.69, 9.17) is 15.2 Å². The summed E-state index contributed by atoms with van der Waals surface area (Å²) < 4.78 is 11.0. The van der Waals surface area contributed by atoms with Gasteiger partial charge in [0.2, 0.25) is 11.8 Å². The number of ketones is 1. The molecule has 4 rings (SSSR count). The van der Waals surface area contributed by atoms with Crippen LogP contribution >= 0.6 is 0 Å². The minimum atomic E-state index is -0.811. The van der Waals surface area contributed by atoms with Crippen molar-refractivity contribution >= 4 is 35.1 Å². The molecule has 4 amide bonds. The molecule has 0 aromatic heterocycles.